The first-order valence-electron chi connectivity index (χ1n) is 9.38. The normalized spacial score (nSPS) is 18.9. The SMILES string of the molecule is CCS(=N)(=O)c1cnc(N2CCN(C(C)c3ccc4scnc4c3)CC2)nc1. The fourth-order valence-electron chi connectivity index (χ4n) is 3.46. The van der Waals surface area contributed by atoms with Gasteiger partial charge in [0.05, 0.1) is 30.4 Å². The van der Waals surface area contributed by atoms with Crippen LogP contribution >= 0.6 is 11.3 Å². The quantitative estimate of drug-likeness (QED) is 0.686. The summed E-state index contributed by atoms with van der Waals surface area (Å²) in [5.41, 5.74) is 4.25. The highest BCUT2D eigenvalue weighted by atomic mass is 32.2. The molecule has 9 heteroatoms. The van der Waals surface area contributed by atoms with Gasteiger partial charge >= 0.3 is 0 Å². The first-order chi connectivity index (χ1) is 13.5. The monoisotopic (exact) mass is 416 g/mol. The molecule has 2 aromatic heterocycles. The van der Waals surface area contributed by atoms with Crippen LogP contribution in [0.25, 0.3) is 10.2 Å². The van der Waals surface area contributed by atoms with E-state index >= 15 is 0 Å². The summed E-state index contributed by atoms with van der Waals surface area (Å²) >= 11 is 1.67. The number of benzene rings is 1. The molecule has 1 aliphatic rings. The summed E-state index contributed by atoms with van der Waals surface area (Å²) in [6.07, 6.45) is 3.08. The van der Waals surface area contributed by atoms with Crippen LogP contribution in [0.5, 0.6) is 0 Å². The van der Waals surface area contributed by atoms with Crippen LogP contribution in [-0.4, -0.2) is 56.0 Å². The maximum Gasteiger partial charge on any atom is 0.225 e. The molecule has 2 atom stereocenters. The van der Waals surface area contributed by atoms with E-state index in [1.165, 1.54) is 10.3 Å². The number of nitrogens with one attached hydrogen (secondary N) is 1. The van der Waals surface area contributed by atoms with Crippen LogP contribution in [-0.2, 0) is 9.73 Å². The summed E-state index contributed by atoms with van der Waals surface area (Å²) in [7, 11) is -2.76. The Balaban J connectivity index is 1.41. The van der Waals surface area contributed by atoms with Gasteiger partial charge in [-0.2, -0.15) is 0 Å². The molecule has 1 saturated heterocycles. The molecule has 0 saturated carbocycles. The summed E-state index contributed by atoms with van der Waals surface area (Å²) in [5, 5.41) is 0. The third-order valence-corrected chi connectivity index (χ3v) is 7.98. The summed E-state index contributed by atoms with van der Waals surface area (Å²) in [6, 6.07) is 6.88. The summed E-state index contributed by atoms with van der Waals surface area (Å²) < 4.78 is 21.2. The zero-order valence-electron chi connectivity index (χ0n) is 16.0. The van der Waals surface area contributed by atoms with Crippen LogP contribution in [0.4, 0.5) is 5.95 Å². The molecule has 0 aliphatic carbocycles. The number of anilines is 1. The fraction of sp³-hybridized carbons (Fsp3) is 0.421. The molecule has 1 N–H and O–H groups in total. The lowest BCUT2D eigenvalue weighted by atomic mass is 10.1. The van der Waals surface area contributed by atoms with E-state index in [-0.39, 0.29) is 5.75 Å². The van der Waals surface area contributed by atoms with E-state index < -0.39 is 9.73 Å². The minimum absolute atomic E-state index is 0.277. The lowest BCUT2D eigenvalue weighted by Gasteiger charge is -2.38. The second-order valence-corrected chi connectivity index (χ2v) is 10.2. The standard InChI is InChI=1S/C19H24N6OS2/c1-3-28(20,26)16-11-21-19(22-12-16)25-8-6-24(7-9-25)14(2)15-4-5-18-17(10-15)23-13-27-18/h4-5,10-14,20H,3,6-9H2,1-2H3. The van der Waals surface area contributed by atoms with Crippen LogP contribution in [0.2, 0.25) is 0 Å². The molecule has 3 aromatic rings. The largest absolute Gasteiger partial charge is 0.338 e. The molecule has 0 spiro atoms. The number of thiazole rings is 1. The number of nitrogens with zero attached hydrogens (tertiary/aromatic N) is 5. The van der Waals surface area contributed by atoms with Gasteiger partial charge in [0.1, 0.15) is 0 Å². The predicted octanol–water partition coefficient (Wildman–Crippen LogP) is 3.40. The number of hydrogen-bond donors (Lipinski definition) is 1. The van der Waals surface area contributed by atoms with Crippen molar-refractivity contribution in [2.24, 2.45) is 0 Å². The van der Waals surface area contributed by atoms with Crippen LogP contribution in [0.1, 0.15) is 25.5 Å². The topological polar surface area (TPSA) is 86.1 Å². The van der Waals surface area contributed by atoms with E-state index in [9.17, 15) is 4.21 Å². The van der Waals surface area contributed by atoms with Crippen molar-refractivity contribution < 1.29 is 4.21 Å². The molecule has 1 aromatic carbocycles. The summed E-state index contributed by atoms with van der Waals surface area (Å²) in [4.78, 5) is 18.2. The van der Waals surface area contributed by atoms with Gasteiger partial charge in [-0.05, 0) is 24.6 Å². The molecule has 4 rings (SSSR count). The lowest BCUT2D eigenvalue weighted by Crippen LogP contribution is -2.47. The molecular weight excluding hydrogens is 392 g/mol. The minimum atomic E-state index is -2.76. The first-order valence-corrected chi connectivity index (χ1v) is 12.0. The number of aromatic nitrogens is 3. The maximum absolute atomic E-state index is 12.1. The van der Waals surface area contributed by atoms with Crippen molar-refractivity contribution in [1.82, 2.24) is 19.9 Å². The number of rotatable bonds is 5. The molecule has 28 heavy (non-hydrogen) atoms. The molecule has 1 aliphatic heterocycles. The average molecular weight is 417 g/mol. The Morgan fingerprint density at radius 1 is 1.18 bits per heavy atom. The third-order valence-electron chi connectivity index (χ3n) is 5.38. The zero-order chi connectivity index (χ0) is 19.7. The second-order valence-electron chi connectivity index (χ2n) is 6.96. The molecule has 1 fully saturated rings. The highest BCUT2D eigenvalue weighted by Crippen LogP contribution is 2.27. The number of piperazine rings is 1. The molecule has 2 unspecified atom stereocenters. The van der Waals surface area contributed by atoms with Crippen molar-refractivity contribution >= 4 is 37.2 Å². The van der Waals surface area contributed by atoms with E-state index in [1.807, 2.05) is 5.51 Å². The zero-order valence-corrected chi connectivity index (χ0v) is 17.7. The van der Waals surface area contributed by atoms with Crippen molar-refractivity contribution in [3.63, 3.8) is 0 Å². The van der Waals surface area contributed by atoms with Gasteiger partial charge in [-0.1, -0.05) is 13.0 Å². The van der Waals surface area contributed by atoms with Crippen molar-refractivity contribution in [3.05, 3.63) is 41.7 Å². The number of fused-ring (bicyclic) bond motifs is 1. The maximum atomic E-state index is 12.1. The Kier molecular flexibility index (Phi) is 5.31. The Morgan fingerprint density at radius 2 is 1.89 bits per heavy atom. The Labute approximate surface area is 169 Å². The minimum Gasteiger partial charge on any atom is -0.338 e. The summed E-state index contributed by atoms with van der Waals surface area (Å²) in [6.45, 7) is 7.51. The van der Waals surface area contributed by atoms with E-state index in [4.69, 9.17) is 4.78 Å². The smallest absolute Gasteiger partial charge is 0.225 e. The van der Waals surface area contributed by atoms with Crippen molar-refractivity contribution in [2.45, 2.75) is 24.8 Å². The van der Waals surface area contributed by atoms with Crippen LogP contribution in [0.15, 0.2) is 41.0 Å². The van der Waals surface area contributed by atoms with Gasteiger partial charge in [-0.3, -0.25) is 4.90 Å². The Morgan fingerprint density at radius 3 is 2.57 bits per heavy atom. The summed E-state index contributed by atoms with van der Waals surface area (Å²) in [5.74, 6) is 0.921. The fourth-order valence-corrected chi connectivity index (χ4v) is 4.90. The van der Waals surface area contributed by atoms with Gasteiger partial charge in [-0.15, -0.1) is 11.3 Å². The lowest BCUT2D eigenvalue weighted by molar-refractivity contribution is 0.198. The molecule has 0 radical (unpaired) electrons. The van der Waals surface area contributed by atoms with Gasteiger partial charge in [-0.25, -0.2) is 23.9 Å². The predicted molar refractivity (Wildman–Crippen MR) is 114 cm³/mol. The first kappa shape index (κ1) is 19.2. The van der Waals surface area contributed by atoms with Crippen molar-refractivity contribution in [2.75, 3.05) is 36.8 Å². The molecule has 0 amide bonds. The van der Waals surface area contributed by atoms with E-state index in [2.05, 4.69) is 49.9 Å². The Hall–Kier alpha value is -2.10. The number of hydrogen-bond acceptors (Lipinski definition) is 8. The highest BCUT2D eigenvalue weighted by molar-refractivity contribution is 7.92. The van der Waals surface area contributed by atoms with Gasteiger partial charge in [0.25, 0.3) is 0 Å². The van der Waals surface area contributed by atoms with Crippen molar-refractivity contribution in [1.29, 1.82) is 4.78 Å². The molecular formula is C19H24N6OS2. The molecule has 148 valence electrons. The van der Waals surface area contributed by atoms with Gasteiger partial charge in [0.2, 0.25) is 5.95 Å². The van der Waals surface area contributed by atoms with Gasteiger partial charge in [0, 0.05) is 50.4 Å². The van der Waals surface area contributed by atoms with Crippen LogP contribution < -0.4 is 4.90 Å². The average Bonchev–Trinajstić information content (AvgIpc) is 3.21. The Bertz CT molecular complexity index is 1060. The van der Waals surface area contributed by atoms with E-state index in [0.717, 1.165) is 31.7 Å². The van der Waals surface area contributed by atoms with Crippen LogP contribution in [0, 0.1) is 4.78 Å². The molecule has 3 heterocycles. The van der Waals surface area contributed by atoms with Gasteiger partial charge < -0.3 is 4.90 Å². The highest BCUT2D eigenvalue weighted by Gasteiger charge is 2.24. The second kappa shape index (κ2) is 7.73. The molecule has 7 nitrogen and oxygen atoms in total. The van der Waals surface area contributed by atoms with Crippen LogP contribution in [0.3, 0.4) is 0 Å². The molecule has 0 bridgehead atoms. The third kappa shape index (κ3) is 3.74. The van der Waals surface area contributed by atoms with Gasteiger partial charge in [0.15, 0.2) is 0 Å². The van der Waals surface area contributed by atoms with Crippen molar-refractivity contribution in [3.8, 4) is 0 Å². The van der Waals surface area contributed by atoms with E-state index in [0.29, 0.717) is 16.9 Å². The van der Waals surface area contributed by atoms with E-state index in [1.54, 1.807) is 30.7 Å².